The van der Waals surface area contributed by atoms with Gasteiger partial charge in [-0.3, -0.25) is 4.79 Å². The molecule has 8 nitrogen and oxygen atoms in total. The number of nitrogens with one attached hydrogen (secondary N) is 1. The molecular weight excluding hydrogens is 388 g/mol. The van der Waals surface area contributed by atoms with E-state index in [9.17, 15) is 4.79 Å². The van der Waals surface area contributed by atoms with Crippen LogP contribution in [0.2, 0.25) is 0 Å². The summed E-state index contributed by atoms with van der Waals surface area (Å²) in [6, 6.07) is 6.95. The maximum Gasteiger partial charge on any atom is 0.271 e. The standard InChI is InChI=1S/C22H26N2O6/c1-6-29-17-8-14-7-13(2)30-18(14)11-16(17)12-23-24-22(25)15-9-19(26-3)21(28-5)20(10-15)27-4/h8-13H,6-7H2,1-5H3,(H,24,25)/b23-12-/t13-/m0/s1. The molecule has 1 aliphatic heterocycles. The number of hydrazone groups is 1. The van der Waals surface area contributed by atoms with E-state index >= 15 is 0 Å². The van der Waals surface area contributed by atoms with Gasteiger partial charge in [-0.25, -0.2) is 5.43 Å². The van der Waals surface area contributed by atoms with Gasteiger partial charge in [-0.05, 0) is 38.1 Å². The number of amides is 1. The lowest BCUT2D eigenvalue weighted by Crippen LogP contribution is -2.18. The van der Waals surface area contributed by atoms with Crippen LogP contribution in [0, 0.1) is 0 Å². The number of hydrogen-bond donors (Lipinski definition) is 1. The van der Waals surface area contributed by atoms with Crippen molar-refractivity contribution >= 4 is 12.1 Å². The highest BCUT2D eigenvalue weighted by atomic mass is 16.5. The molecule has 0 saturated heterocycles. The summed E-state index contributed by atoms with van der Waals surface area (Å²) in [4.78, 5) is 12.6. The Morgan fingerprint density at radius 3 is 2.43 bits per heavy atom. The molecule has 8 heteroatoms. The van der Waals surface area contributed by atoms with E-state index in [1.165, 1.54) is 27.5 Å². The summed E-state index contributed by atoms with van der Waals surface area (Å²) >= 11 is 0. The smallest absolute Gasteiger partial charge is 0.271 e. The molecule has 0 saturated carbocycles. The number of fused-ring (bicyclic) bond motifs is 1. The van der Waals surface area contributed by atoms with Gasteiger partial charge in [0.15, 0.2) is 11.5 Å². The summed E-state index contributed by atoms with van der Waals surface area (Å²) in [6.45, 7) is 4.46. The minimum absolute atomic E-state index is 0.126. The van der Waals surface area contributed by atoms with Gasteiger partial charge in [0.1, 0.15) is 17.6 Å². The minimum Gasteiger partial charge on any atom is -0.493 e. The van der Waals surface area contributed by atoms with E-state index in [-0.39, 0.29) is 6.10 Å². The zero-order chi connectivity index (χ0) is 21.7. The van der Waals surface area contributed by atoms with Crippen LogP contribution in [0.25, 0.3) is 0 Å². The van der Waals surface area contributed by atoms with Crippen molar-refractivity contribution in [3.63, 3.8) is 0 Å². The number of carbonyl (C=O) groups excluding carboxylic acids is 1. The van der Waals surface area contributed by atoms with Crippen molar-refractivity contribution in [2.24, 2.45) is 5.10 Å². The fraction of sp³-hybridized carbons (Fsp3) is 0.364. The summed E-state index contributed by atoms with van der Waals surface area (Å²) < 4.78 is 27.4. The number of carbonyl (C=O) groups is 1. The van der Waals surface area contributed by atoms with Crippen LogP contribution in [0.5, 0.6) is 28.7 Å². The van der Waals surface area contributed by atoms with Crippen LogP contribution in [-0.2, 0) is 6.42 Å². The average Bonchev–Trinajstić information content (AvgIpc) is 3.11. The summed E-state index contributed by atoms with van der Waals surface area (Å²) in [7, 11) is 4.48. The van der Waals surface area contributed by atoms with Crippen LogP contribution in [0.3, 0.4) is 0 Å². The van der Waals surface area contributed by atoms with E-state index in [2.05, 4.69) is 10.5 Å². The Bertz CT molecular complexity index is 932. The summed E-state index contributed by atoms with van der Waals surface area (Å²) in [5.41, 5.74) is 4.65. The monoisotopic (exact) mass is 414 g/mol. The van der Waals surface area contributed by atoms with Crippen LogP contribution >= 0.6 is 0 Å². The van der Waals surface area contributed by atoms with Gasteiger partial charge in [0.25, 0.3) is 5.91 Å². The first-order valence-electron chi connectivity index (χ1n) is 9.60. The molecule has 0 aliphatic carbocycles. The maximum atomic E-state index is 12.6. The average molecular weight is 414 g/mol. The summed E-state index contributed by atoms with van der Waals surface area (Å²) in [5, 5.41) is 4.09. The lowest BCUT2D eigenvalue weighted by Gasteiger charge is -2.13. The molecule has 0 spiro atoms. The molecule has 2 aromatic carbocycles. The van der Waals surface area contributed by atoms with Crippen molar-refractivity contribution in [3.8, 4) is 28.7 Å². The van der Waals surface area contributed by atoms with Gasteiger partial charge in [0, 0.05) is 23.1 Å². The van der Waals surface area contributed by atoms with Gasteiger partial charge in [0.2, 0.25) is 5.75 Å². The molecule has 1 aliphatic rings. The van der Waals surface area contributed by atoms with E-state index < -0.39 is 5.91 Å². The van der Waals surface area contributed by atoms with Gasteiger partial charge in [-0.15, -0.1) is 0 Å². The third-order valence-corrected chi connectivity index (χ3v) is 4.62. The third-order valence-electron chi connectivity index (χ3n) is 4.62. The largest absolute Gasteiger partial charge is 0.493 e. The molecule has 2 aromatic rings. The maximum absolute atomic E-state index is 12.6. The first-order valence-corrected chi connectivity index (χ1v) is 9.60. The molecule has 30 heavy (non-hydrogen) atoms. The van der Waals surface area contributed by atoms with Crippen molar-refractivity contribution in [3.05, 3.63) is 41.0 Å². The first-order chi connectivity index (χ1) is 14.5. The summed E-state index contributed by atoms with van der Waals surface area (Å²) in [5.74, 6) is 2.26. The summed E-state index contributed by atoms with van der Waals surface area (Å²) in [6.07, 6.45) is 2.50. The second-order valence-corrected chi connectivity index (χ2v) is 6.68. The molecule has 160 valence electrons. The molecule has 0 bridgehead atoms. The second kappa shape index (κ2) is 9.39. The van der Waals surface area contributed by atoms with Crippen LogP contribution in [0.1, 0.15) is 35.3 Å². The van der Waals surface area contributed by atoms with Crippen molar-refractivity contribution in [1.29, 1.82) is 0 Å². The van der Waals surface area contributed by atoms with E-state index in [1.807, 2.05) is 26.0 Å². The normalized spacial score (nSPS) is 14.8. The predicted octanol–water partition coefficient (Wildman–Crippen LogP) is 3.20. The van der Waals surface area contributed by atoms with Crippen LogP contribution in [-0.4, -0.2) is 46.2 Å². The number of hydrogen-bond acceptors (Lipinski definition) is 7. The number of nitrogens with zero attached hydrogens (tertiary/aromatic N) is 1. The number of benzene rings is 2. The molecule has 1 N–H and O–H groups in total. The van der Waals surface area contributed by atoms with Crippen molar-refractivity contribution < 1.29 is 28.5 Å². The van der Waals surface area contributed by atoms with E-state index in [1.54, 1.807) is 12.1 Å². The third kappa shape index (κ3) is 4.42. The number of rotatable bonds is 8. The van der Waals surface area contributed by atoms with Gasteiger partial charge >= 0.3 is 0 Å². The quantitative estimate of drug-likeness (QED) is 0.527. The highest BCUT2D eigenvalue weighted by molar-refractivity contribution is 5.96. The van der Waals surface area contributed by atoms with Crippen LogP contribution in [0.4, 0.5) is 0 Å². The Morgan fingerprint density at radius 2 is 1.83 bits per heavy atom. The fourth-order valence-corrected chi connectivity index (χ4v) is 3.27. The van der Waals surface area contributed by atoms with Crippen LogP contribution < -0.4 is 29.1 Å². The lowest BCUT2D eigenvalue weighted by molar-refractivity contribution is 0.0954. The van der Waals surface area contributed by atoms with E-state index in [0.717, 1.165) is 23.3 Å². The lowest BCUT2D eigenvalue weighted by atomic mass is 10.1. The van der Waals surface area contributed by atoms with Crippen molar-refractivity contribution in [1.82, 2.24) is 5.43 Å². The Morgan fingerprint density at radius 1 is 1.13 bits per heavy atom. The molecule has 0 aromatic heterocycles. The van der Waals surface area contributed by atoms with Crippen LogP contribution in [0.15, 0.2) is 29.4 Å². The first kappa shape index (κ1) is 21.3. The molecule has 1 heterocycles. The fourth-order valence-electron chi connectivity index (χ4n) is 3.27. The Kier molecular flexibility index (Phi) is 6.66. The molecule has 0 unspecified atom stereocenters. The SMILES string of the molecule is CCOc1cc2c(cc1/C=N\NC(=O)c1cc(OC)c(OC)c(OC)c1)O[C@@H](C)C2. The number of ether oxygens (including phenoxy) is 5. The molecule has 1 atom stereocenters. The van der Waals surface area contributed by atoms with E-state index in [0.29, 0.717) is 35.2 Å². The highest BCUT2D eigenvalue weighted by Crippen LogP contribution is 2.38. The molecule has 0 radical (unpaired) electrons. The van der Waals surface area contributed by atoms with Crippen molar-refractivity contribution in [2.45, 2.75) is 26.4 Å². The zero-order valence-electron chi connectivity index (χ0n) is 17.8. The Balaban J connectivity index is 1.80. The highest BCUT2D eigenvalue weighted by Gasteiger charge is 2.21. The second-order valence-electron chi connectivity index (χ2n) is 6.68. The van der Waals surface area contributed by atoms with Gasteiger partial charge in [-0.2, -0.15) is 5.10 Å². The molecular formula is C22H26N2O6. The van der Waals surface area contributed by atoms with Gasteiger partial charge in [0.05, 0.1) is 34.2 Å². The zero-order valence-corrected chi connectivity index (χ0v) is 17.8. The molecule has 1 amide bonds. The number of methoxy groups -OCH3 is 3. The van der Waals surface area contributed by atoms with Crippen molar-refractivity contribution in [2.75, 3.05) is 27.9 Å². The minimum atomic E-state index is -0.422. The predicted molar refractivity (Wildman–Crippen MR) is 113 cm³/mol. The van der Waals surface area contributed by atoms with E-state index in [4.69, 9.17) is 23.7 Å². The van der Waals surface area contributed by atoms with Gasteiger partial charge < -0.3 is 23.7 Å². The van der Waals surface area contributed by atoms with Gasteiger partial charge in [-0.1, -0.05) is 0 Å². The Labute approximate surface area is 175 Å². The topological polar surface area (TPSA) is 87.6 Å². The Hall–Kier alpha value is -3.42. The molecule has 0 fully saturated rings. The molecule has 3 rings (SSSR count).